The number of aliphatic hydroxyl groups is 1. The van der Waals surface area contributed by atoms with Gasteiger partial charge in [0, 0.05) is 25.7 Å². The Morgan fingerprint density at radius 1 is 0.269 bits per heavy atom. The molecule has 0 aromatic carbocycles. The van der Waals surface area contributed by atoms with Gasteiger partial charge in [0.1, 0.15) is 19.3 Å². The fourth-order valence-corrected chi connectivity index (χ4v) is 12.8. The minimum atomic E-state index is -4.96. The third kappa shape index (κ3) is 68.4. The molecular formula is C74H144O17P2. The zero-order valence-electron chi connectivity index (χ0n) is 60.9. The van der Waals surface area contributed by atoms with Crippen LogP contribution in [0, 0.1) is 23.7 Å². The number of aliphatic hydroxyl groups excluding tert-OH is 1. The summed E-state index contributed by atoms with van der Waals surface area (Å²) in [6.07, 6.45) is 47.6. The minimum Gasteiger partial charge on any atom is -0.462 e. The highest BCUT2D eigenvalue weighted by Crippen LogP contribution is 2.45. The zero-order chi connectivity index (χ0) is 68.9. The van der Waals surface area contributed by atoms with Gasteiger partial charge in [0.25, 0.3) is 0 Å². The Morgan fingerprint density at radius 3 is 0.667 bits per heavy atom. The van der Waals surface area contributed by atoms with Crippen molar-refractivity contribution in [2.24, 2.45) is 23.7 Å². The third-order valence-corrected chi connectivity index (χ3v) is 19.0. The van der Waals surface area contributed by atoms with Crippen LogP contribution < -0.4 is 0 Å². The zero-order valence-corrected chi connectivity index (χ0v) is 62.7. The lowest BCUT2D eigenvalue weighted by Crippen LogP contribution is -2.30. The van der Waals surface area contributed by atoms with Gasteiger partial charge in [0.2, 0.25) is 0 Å². The van der Waals surface area contributed by atoms with E-state index >= 15 is 0 Å². The molecule has 0 fully saturated rings. The average molecular weight is 1370 g/mol. The van der Waals surface area contributed by atoms with Crippen molar-refractivity contribution in [3.05, 3.63) is 0 Å². The molecular weight excluding hydrogens is 1220 g/mol. The van der Waals surface area contributed by atoms with Crippen LogP contribution in [0.3, 0.4) is 0 Å². The molecule has 0 aliphatic carbocycles. The van der Waals surface area contributed by atoms with E-state index in [9.17, 15) is 43.2 Å². The number of rotatable bonds is 71. The highest BCUT2D eigenvalue weighted by Gasteiger charge is 2.30. The predicted octanol–water partition coefficient (Wildman–Crippen LogP) is 21.3. The smallest absolute Gasteiger partial charge is 0.462 e. The van der Waals surface area contributed by atoms with Crippen LogP contribution in [0.1, 0.15) is 370 Å². The largest absolute Gasteiger partial charge is 0.472 e. The number of esters is 4. The first kappa shape index (κ1) is 91.1. The summed E-state index contributed by atoms with van der Waals surface area (Å²) in [7, 11) is -9.91. The molecule has 0 rings (SSSR count). The summed E-state index contributed by atoms with van der Waals surface area (Å²) in [6.45, 7) is 14.1. The molecule has 0 aromatic heterocycles. The fraction of sp³-hybridized carbons (Fsp3) is 0.946. The van der Waals surface area contributed by atoms with Gasteiger partial charge in [-0.3, -0.25) is 37.3 Å². The van der Waals surface area contributed by atoms with E-state index in [1.807, 2.05) is 0 Å². The monoisotopic (exact) mass is 1370 g/mol. The lowest BCUT2D eigenvalue weighted by molar-refractivity contribution is -0.161. The molecule has 0 heterocycles. The molecule has 93 heavy (non-hydrogen) atoms. The molecule has 17 nitrogen and oxygen atoms in total. The lowest BCUT2D eigenvalue weighted by Gasteiger charge is -2.21. The average Bonchev–Trinajstić information content (AvgIpc) is 3.59. The summed E-state index contributed by atoms with van der Waals surface area (Å²) in [6, 6.07) is 0. The topological polar surface area (TPSA) is 237 Å². The van der Waals surface area contributed by atoms with E-state index in [4.69, 9.17) is 37.0 Å². The van der Waals surface area contributed by atoms with Gasteiger partial charge in [-0.25, -0.2) is 9.13 Å². The van der Waals surface area contributed by atoms with Gasteiger partial charge in [-0.2, -0.15) is 0 Å². The standard InChI is InChI=1S/C74H144O17P2/c1-64(2)50-42-34-26-20-17-15-13-11-9-10-12-14-16-18-22-30-38-46-54-71(76)84-60-69(90-73(78)56-48-40-31-23-19-21-27-35-43-51-65(3)4)62-88-92(80,81)86-58-68(75)59-87-93(82,83)89-63-70(91-74(79)57-49-41-33-25-29-37-45-53-67(7)8)61-85-72(77)55-47-39-32-24-28-36-44-52-66(5)6/h64-70,75H,9-63H2,1-8H3,(H,80,81)(H,82,83)/t68?,69-,70-/m1/s1. The van der Waals surface area contributed by atoms with Crippen molar-refractivity contribution in [1.29, 1.82) is 0 Å². The Kier molecular flexibility index (Phi) is 62.2. The second-order valence-electron chi connectivity index (χ2n) is 28.6. The van der Waals surface area contributed by atoms with E-state index < -0.39 is 97.5 Å². The second-order valence-corrected chi connectivity index (χ2v) is 31.5. The molecule has 552 valence electrons. The van der Waals surface area contributed by atoms with Crippen LogP contribution in [0.25, 0.3) is 0 Å². The SMILES string of the molecule is CC(C)CCCCCCCCCCCCCCCCCCCCC(=O)OC[C@H](COP(=O)(O)OCC(O)COP(=O)(O)OC[C@@H](COC(=O)CCCCCCCCCC(C)C)OC(=O)CCCCCCCCCC(C)C)OC(=O)CCCCCCCCCCCC(C)C. The van der Waals surface area contributed by atoms with E-state index in [1.54, 1.807) is 0 Å². The summed E-state index contributed by atoms with van der Waals surface area (Å²) in [4.78, 5) is 72.6. The van der Waals surface area contributed by atoms with Crippen molar-refractivity contribution in [2.45, 2.75) is 388 Å². The van der Waals surface area contributed by atoms with Gasteiger partial charge in [0.15, 0.2) is 12.2 Å². The Balaban J connectivity index is 5.15. The normalized spacial score (nSPS) is 14.2. The molecule has 0 radical (unpaired) electrons. The molecule has 5 atom stereocenters. The van der Waals surface area contributed by atoms with E-state index in [2.05, 4.69) is 55.4 Å². The molecule has 0 aliphatic rings. The van der Waals surface area contributed by atoms with Crippen LogP contribution >= 0.6 is 15.6 Å². The Bertz CT molecular complexity index is 1830. The van der Waals surface area contributed by atoms with Gasteiger partial charge >= 0.3 is 39.5 Å². The van der Waals surface area contributed by atoms with E-state index in [0.717, 1.165) is 108 Å². The molecule has 0 aromatic rings. The van der Waals surface area contributed by atoms with E-state index in [0.29, 0.717) is 37.5 Å². The number of unbranched alkanes of at least 4 members (excludes halogenated alkanes) is 37. The van der Waals surface area contributed by atoms with Crippen LogP contribution in [0.4, 0.5) is 0 Å². The maximum absolute atomic E-state index is 13.0. The van der Waals surface area contributed by atoms with Crippen molar-refractivity contribution < 1.29 is 80.2 Å². The van der Waals surface area contributed by atoms with Gasteiger partial charge in [-0.1, -0.05) is 319 Å². The maximum atomic E-state index is 13.0. The van der Waals surface area contributed by atoms with Crippen LogP contribution in [-0.2, 0) is 65.4 Å². The number of hydrogen-bond acceptors (Lipinski definition) is 15. The van der Waals surface area contributed by atoms with Crippen molar-refractivity contribution in [1.82, 2.24) is 0 Å². The molecule has 3 unspecified atom stereocenters. The molecule has 19 heteroatoms. The van der Waals surface area contributed by atoms with Crippen molar-refractivity contribution in [3.8, 4) is 0 Å². The molecule has 0 spiro atoms. The van der Waals surface area contributed by atoms with Crippen LogP contribution in [0.2, 0.25) is 0 Å². The summed E-state index contributed by atoms with van der Waals surface area (Å²) in [5, 5.41) is 10.6. The van der Waals surface area contributed by atoms with Crippen LogP contribution in [0.15, 0.2) is 0 Å². The van der Waals surface area contributed by atoms with Crippen LogP contribution in [-0.4, -0.2) is 96.7 Å². The molecule has 0 aliphatic heterocycles. The highest BCUT2D eigenvalue weighted by molar-refractivity contribution is 7.47. The van der Waals surface area contributed by atoms with Crippen molar-refractivity contribution >= 4 is 39.5 Å². The van der Waals surface area contributed by atoms with E-state index in [1.165, 1.54) is 167 Å². The van der Waals surface area contributed by atoms with Crippen molar-refractivity contribution in [2.75, 3.05) is 39.6 Å². The van der Waals surface area contributed by atoms with Gasteiger partial charge in [-0.15, -0.1) is 0 Å². The molecule has 0 amide bonds. The predicted molar refractivity (Wildman–Crippen MR) is 377 cm³/mol. The third-order valence-electron chi connectivity index (χ3n) is 17.1. The minimum absolute atomic E-state index is 0.102. The summed E-state index contributed by atoms with van der Waals surface area (Å²) in [5.74, 6) is 0.832. The quantitative estimate of drug-likeness (QED) is 0.0222. The first-order valence-electron chi connectivity index (χ1n) is 38.2. The van der Waals surface area contributed by atoms with E-state index in [-0.39, 0.29) is 25.7 Å². The number of hydrogen-bond donors (Lipinski definition) is 3. The number of phosphoric acid groups is 2. The molecule has 3 N–H and O–H groups in total. The molecule has 0 saturated heterocycles. The number of ether oxygens (including phenoxy) is 4. The number of phosphoric ester groups is 2. The van der Waals surface area contributed by atoms with Gasteiger partial charge in [0.05, 0.1) is 26.4 Å². The summed E-state index contributed by atoms with van der Waals surface area (Å²) in [5.41, 5.74) is 0. The van der Waals surface area contributed by atoms with Crippen molar-refractivity contribution in [3.63, 3.8) is 0 Å². The van der Waals surface area contributed by atoms with Gasteiger partial charge in [-0.05, 0) is 49.4 Å². The Labute approximate surface area is 568 Å². The first-order chi connectivity index (χ1) is 44.6. The number of carbonyl (C=O) groups excluding carboxylic acids is 4. The summed E-state index contributed by atoms with van der Waals surface area (Å²) < 4.78 is 68.3. The summed E-state index contributed by atoms with van der Waals surface area (Å²) >= 11 is 0. The molecule has 0 bridgehead atoms. The Morgan fingerprint density at radius 2 is 0.452 bits per heavy atom. The molecule has 0 saturated carbocycles. The first-order valence-corrected chi connectivity index (χ1v) is 41.2. The van der Waals surface area contributed by atoms with Gasteiger partial charge < -0.3 is 33.8 Å². The maximum Gasteiger partial charge on any atom is 0.472 e. The van der Waals surface area contributed by atoms with Crippen LogP contribution in [0.5, 0.6) is 0 Å². The number of carbonyl (C=O) groups is 4. The Hall–Kier alpha value is -1.94. The highest BCUT2D eigenvalue weighted by atomic mass is 31.2. The lowest BCUT2D eigenvalue weighted by atomic mass is 10.0. The second kappa shape index (κ2) is 63.5. The fourth-order valence-electron chi connectivity index (χ4n) is 11.2.